The third-order valence-electron chi connectivity index (χ3n) is 6.23. The van der Waals surface area contributed by atoms with Crippen LogP contribution in [-0.4, -0.2) is 18.4 Å². The first-order chi connectivity index (χ1) is 12.0. The van der Waals surface area contributed by atoms with Gasteiger partial charge in [0.1, 0.15) is 13.2 Å². The van der Waals surface area contributed by atoms with E-state index in [4.69, 9.17) is 16.3 Å². The van der Waals surface area contributed by atoms with Gasteiger partial charge in [-0.1, -0.05) is 23.7 Å². The number of benzene rings is 1. The summed E-state index contributed by atoms with van der Waals surface area (Å²) < 4.78 is 5.24. The van der Waals surface area contributed by atoms with E-state index < -0.39 is 5.97 Å². The van der Waals surface area contributed by atoms with Gasteiger partial charge in [-0.15, -0.1) is 0 Å². The Kier molecular flexibility index (Phi) is 4.48. The van der Waals surface area contributed by atoms with Crippen molar-refractivity contribution in [1.82, 2.24) is 5.32 Å². The molecule has 4 aliphatic carbocycles. The second-order valence-electron chi connectivity index (χ2n) is 8.17. The SMILES string of the molecule is O=C(CNC(=O)C12CC3CC(CC(C3)C1)C2)OCc1ccc(Cl)cc1. The molecule has 25 heavy (non-hydrogen) atoms. The molecule has 0 saturated heterocycles. The zero-order valence-corrected chi connectivity index (χ0v) is 15.1. The van der Waals surface area contributed by atoms with Crippen LogP contribution >= 0.6 is 11.6 Å². The molecule has 0 heterocycles. The summed E-state index contributed by atoms with van der Waals surface area (Å²) in [5, 5.41) is 3.50. The Hall–Kier alpha value is -1.55. The van der Waals surface area contributed by atoms with Crippen LogP contribution < -0.4 is 5.32 Å². The van der Waals surface area contributed by atoms with Gasteiger partial charge >= 0.3 is 5.97 Å². The Morgan fingerprint density at radius 2 is 1.60 bits per heavy atom. The summed E-state index contributed by atoms with van der Waals surface area (Å²) in [6, 6.07) is 7.17. The van der Waals surface area contributed by atoms with Crippen molar-refractivity contribution in [2.75, 3.05) is 6.54 Å². The summed E-state index contributed by atoms with van der Waals surface area (Å²) in [4.78, 5) is 24.7. The van der Waals surface area contributed by atoms with Crippen LogP contribution in [0.5, 0.6) is 0 Å². The molecule has 1 aromatic carbocycles. The van der Waals surface area contributed by atoms with E-state index in [9.17, 15) is 9.59 Å². The van der Waals surface area contributed by atoms with E-state index in [0.29, 0.717) is 22.8 Å². The van der Waals surface area contributed by atoms with Crippen LogP contribution in [0.25, 0.3) is 0 Å². The van der Waals surface area contributed by atoms with Crippen LogP contribution in [0.1, 0.15) is 44.1 Å². The predicted molar refractivity (Wildman–Crippen MR) is 94.9 cm³/mol. The number of amides is 1. The molecule has 0 spiro atoms. The van der Waals surface area contributed by atoms with Gasteiger partial charge in [-0.2, -0.15) is 0 Å². The van der Waals surface area contributed by atoms with Gasteiger partial charge < -0.3 is 10.1 Å². The summed E-state index contributed by atoms with van der Waals surface area (Å²) in [5.41, 5.74) is 0.663. The first-order valence-electron chi connectivity index (χ1n) is 9.21. The fourth-order valence-electron chi connectivity index (χ4n) is 5.52. The number of halogens is 1. The molecule has 134 valence electrons. The van der Waals surface area contributed by atoms with Gasteiger partial charge in [-0.25, -0.2) is 0 Å². The number of esters is 1. The Bertz CT molecular complexity index is 635. The molecule has 5 rings (SSSR count). The van der Waals surface area contributed by atoms with E-state index in [1.165, 1.54) is 19.3 Å². The minimum atomic E-state index is -0.395. The quantitative estimate of drug-likeness (QED) is 0.813. The van der Waals surface area contributed by atoms with Gasteiger partial charge in [0, 0.05) is 10.4 Å². The Morgan fingerprint density at radius 3 is 2.16 bits per heavy atom. The number of hydrogen-bond acceptors (Lipinski definition) is 3. The molecule has 0 atom stereocenters. The second-order valence-corrected chi connectivity index (χ2v) is 8.60. The van der Waals surface area contributed by atoms with Crippen molar-refractivity contribution >= 4 is 23.5 Å². The topological polar surface area (TPSA) is 55.4 Å². The van der Waals surface area contributed by atoms with E-state index in [2.05, 4.69) is 5.32 Å². The number of hydrogen-bond donors (Lipinski definition) is 1. The highest BCUT2D eigenvalue weighted by Gasteiger charge is 2.54. The lowest BCUT2D eigenvalue weighted by molar-refractivity contribution is -0.151. The minimum absolute atomic E-state index is 0.0474. The highest BCUT2D eigenvalue weighted by molar-refractivity contribution is 6.30. The third kappa shape index (κ3) is 3.55. The van der Waals surface area contributed by atoms with Crippen LogP contribution in [0.15, 0.2) is 24.3 Å². The summed E-state index contributed by atoms with van der Waals surface area (Å²) in [6.07, 6.45) is 6.92. The van der Waals surface area contributed by atoms with Gasteiger partial charge in [-0.3, -0.25) is 9.59 Å². The molecule has 4 bridgehead atoms. The van der Waals surface area contributed by atoms with E-state index in [-0.39, 0.29) is 24.5 Å². The summed E-state index contributed by atoms with van der Waals surface area (Å²) in [7, 11) is 0. The number of ether oxygens (including phenoxy) is 1. The lowest BCUT2D eigenvalue weighted by atomic mass is 9.49. The number of rotatable bonds is 5. The van der Waals surface area contributed by atoms with Gasteiger partial charge in [0.15, 0.2) is 0 Å². The van der Waals surface area contributed by atoms with Crippen molar-refractivity contribution in [3.05, 3.63) is 34.9 Å². The molecule has 4 aliphatic rings. The van der Waals surface area contributed by atoms with Crippen molar-refractivity contribution in [1.29, 1.82) is 0 Å². The average Bonchev–Trinajstić information content (AvgIpc) is 2.58. The lowest BCUT2D eigenvalue weighted by Gasteiger charge is -2.55. The predicted octanol–water partition coefficient (Wildman–Crippen LogP) is 3.72. The molecule has 0 aliphatic heterocycles. The summed E-state index contributed by atoms with van der Waals surface area (Å²) in [6.45, 7) is 0.150. The standard InChI is InChI=1S/C20H24ClNO3/c21-17-3-1-13(2-4-17)12-25-18(23)11-22-19(24)20-8-14-5-15(9-20)7-16(6-14)10-20/h1-4,14-16H,5-12H2,(H,22,24). The lowest BCUT2D eigenvalue weighted by Crippen LogP contribution is -2.54. The van der Waals surface area contributed by atoms with Crippen LogP contribution in [0.2, 0.25) is 5.02 Å². The van der Waals surface area contributed by atoms with Crippen molar-refractivity contribution in [3.63, 3.8) is 0 Å². The third-order valence-corrected chi connectivity index (χ3v) is 6.48. The van der Waals surface area contributed by atoms with E-state index >= 15 is 0 Å². The fourth-order valence-corrected chi connectivity index (χ4v) is 5.65. The fraction of sp³-hybridized carbons (Fsp3) is 0.600. The molecule has 0 radical (unpaired) electrons. The number of carbonyl (C=O) groups is 2. The van der Waals surface area contributed by atoms with E-state index in [0.717, 1.165) is 24.8 Å². The van der Waals surface area contributed by atoms with Crippen LogP contribution in [0.3, 0.4) is 0 Å². The highest BCUT2D eigenvalue weighted by Crippen LogP contribution is 2.60. The smallest absolute Gasteiger partial charge is 0.325 e. The Labute approximate surface area is 153 Å². The molecule has 4 nitrogen and oxygen atoms in total. The Morgan fingerprint density at radius 1 is 1.04 bits per heavy atom. The average molecular weight is 362 g/mol. The Balaban J connectivity index is 1.27. The van der Waals surface area contributed by atoms with Gasteiger partial charge in [0.05, 0.1) is 0 Å². The molecule has 1 aromatic rings. The molecule has 0 unspecified atom stereocenters. The van der Waals surface area contributed by atoms with Gasteiger partial charge in [0.2, 0.25) is 5.91 Å². The molecule has 4 saturated carbocycles. The van der Waals surface area contributed by atoms with Crippen molar-refractivity contribution in [2.45, 2.75) is 45.1 Å². The molecule has 0 aromatic heterocycles. The van der Waals surface area contributed by atoms with Crippen molar-refractivity contribution in [3.8, 4) is 0 Å². The summed E-state index contributed by atoms with van der Waals surface area (Å²) in [5.74, 6) is 1.82. The zero-order valence-electron chi connectivity index (χ0n) is 14.3. The molecule has 1 N–H and O–H groups in total. The van der Waals surface area contributed by atoms with E-state index in [1.807, 2.05) is 12.1 Å². The second kappa shape index (κ2) is 6.64. The van der Waals surface area contributed by atoms with Crippen molar-refractivity contribution in [2.24, 2.45) is 23.2 Å². The highest BCUT2D eigenvalue weighted by atomic mass is 35.5. The normalized spacial score (nSPS) is 32.4. The number of carbonyl (C=O) groups excluding carboxylic acids is 2. The molecule has 5 heteroatoms. The largest absolute Gasteiger partial charge is 0.460 e. The maximum absolute atomic E-state index is 12.8. The zero-order chi connectivity index (χ0) is 17.4. The van der Waals surface area contributed by atoms with Crippen LogP contribution in [0.4, 0.5) is 0 Å². The number of nitrogens with one attached hydrogen (secondary N) is 1. The van der Waals surface area contributed by atoms with Gasteiger partial charge in [0.25, 0.3) is 0 Å². The summed E-state index contributed by atoms with van der Waals surface area (Å²) >= 11 is 5.83. The van der Waals surface area contributed by atoms with Crippen molar-refractivity contribution < 1.29 is 14.3 Å². The molecular formula is C20H24ClNO3. The van der Waals surface area contributed by atoms with Gasteiger partial charge in [-0.05, 0) is 74.0 Å². The first-order valence-corrected chi connectivity index (χ1v) is 9.58. The van der Waals surface area contributed by atoms with E-state index in [1.54, 1.807) is 12.1 Å². The molecule has 1 amide bonds. The minimum Gasteiger partial charge on any atom is -0.460 e. The first kappa shape index (κ1) is 16.9. The molecule has 4 fully saturated rings. The van der Waals surface area contributed by atoms with Crippen LogP contribution in [0, 0.1) is 23.2 Å². The maximum Gasteiger partial charge on any atom is 0.325 e. The maximum atomic E-state index is 12.8. The monoisotopic (exact) mass is 361 g/mol. The molecular weight excluding hydrogens is 338 g/mol. The van der Waals surface area contributed by atoms with Crippen LogP contribution in [-0.2, 0) is 20.9 Å².